The zero-order chi connectivity index (χ0) is 26.3. The lowest BCUT2D eigenvalue weighted by Crippen LogP contribution is -2.46. The highest BCUT2D eigenvalue weighted by atomic mass is 35.5. The summed E-state index contributed by atoms with van der Waals surface area (Å²) in [6.45, 7) is -0.0892. The van der Waals surface area contributed by atoms with Crippen LogP contribution in [0.1, 0.15) is 36.0 Å². The molecular weight excluding hydrogens is 538 g/mol. The molecule has 1 aliphatic heterocycles. The molecule has 7 nitrogen and oxygen atoms in total. The lowest BCUT2D eigenvalue weighted by molar-refractivity contribution is 0.0629. The van der Waals surface area contributed by atoms with Gasteiger partial charge < -0.3 is 5.32 Å². The Balaban J connectivity index is 1.42. The Kier molecular flexibility index (Phi) is 6.85. The molecule has 1 aliphatic rings. The number of carbonyl (C=O) groups is 3. The number of fused-ring (bicyclic) bond motifs is 1. The van der Waals surface area contributed by atoms with E-state index in [2.05, 4.69) is 10.4 Å². The van der Waals surface area contributed by atoms with Crippen LogP contribution in [-0.4, -0.2) is 45.0 Å². The predicted molar refractivity (Wildman–Crippen MR) is 140 cm³/mol. The number of aryl methyl sites for hydroxylation is 1. The second kappa shape index (κ2) is 10.1. The molecule has 37 heavy (non-hydrogen) atoms. The number of thiophene rings is 1. The molecule has 2 aromatic carbocycles. The molecule has 0 bridgehead atoms. The van der Waals surface area contributed by atoms with Crippen LogP contribution in [0.3, 0.4) is 0 Å². The summed E-state index contributed by atoms with van der Waals surface area (Å²) in [5.41, 5.74) is 2.36. The number of imide groups is 1. The molecule has 5 rings (SSSR count). The van der Waals surface area contributed by atoms with Gasteiger partial charge in [0.05, 0.1) is 39.0 Å². The molecule has 0 saturated heterocycles. The monoisotopic (exact) mass is 556 g/mol. The fourth-order valence-corrected chi connectivity index (χ4v) is 5.80. The number of rotatable bonds is 7. The largest absolute Gasteiger partial charge is 0.346 e. The van der Waals surface area contributed by atoms with Gasteiger partial charge in [0.15, 0.2) is 0 Å². The SMILES string of the molecule is Cn1ncc(Cl)c1-c1cc(C(=O)NC(Cc2cccc(F)c2)CN2C(=O)c3ccccc3C2=O)sc1Cl. The van der Waals surface area contributed by atoms with E-state index in [9.17, 15) is 18.8 Å². The van der Waals surface area contributed by atoms with Gasteiger partial charge in [0.1, 0.15) is 10.2 Å². The average molecular weight is 557 g/mol. The molecule has 0 fully saturated rings. The minimum atomic E-state index is -0.693. The highest BCUT2D eigenvalue weighted by molar-refractivity contribution is 7.18. The number of aromatic nitrogens is 2. The topological polar surface area (TPSA) is 84.3 Å². The second-order valence-corrected chi connectivity index (χ2v) is 10.6. The van der Waals surface area contributed by atoms with Crippen LogP contribution < -0.4 is 5.32 Å². The minimum absolute atomic E-state index is 0.0892. The summed E-state index contributed by atoms with van der Waals surface area (Å²) >= 11 is 13.8. The number of hydrogen-bond acceptors (Lipinski definition) is 5. The van der Waals surface area contributed by atoms with Crippen molar-refractivity contribution in [2.24, 2.45) is 7.05 Å². The fraction of sp³-hybridized carbons (Fsp3) is 0.154. The maximum Gasteiger partial charge on any atom is 0.261 e. The first-order valence-corrected chi connectivity index (χ1v) is 12.8. The first kappa shape index (κ1) is 25.1. The van der Waals surface area contributed by atoms with Crippen LogP contribution in [0.15, 0.2) is 60.8 Å². The Morgan fingerprint density at radius 2 is 1.76 bits per heavy atom. The third-order valence-corrected chi connectivity index (χ3v) is 7.68. The Labute approximate surface area is 225 Å². The summed E-state index contributed by atoms with van der Waals surface area (Å²) in [5.74, 6) is -1.75. The molecule has 0 spiro atoms. The molecule has 3 heterocycles. The molecule has 0 aliphatic carbocycles. The normalized spacial score (nSPS) is 13.7. The molecule has 11 heteroatoms. The second-order valence-electron chi connectivity index (χ2n) is 8.53. The molecule has 188 valence electrons. The molecule has 3 amide bonds. The van der Waals surface area contributed by atoms with Crippen LogP contribution in [-0.2, 0) is 13.5 Å². The summed E-state index contributed by atoms with van der Waals surface area (Å²) < 4.78 is 15.8. The van der Waals surface area contributed by atoms with E-state index in [0.29, 0.717) is 42.2 Å². The predicted octanol–water partition coefficient (Wildman–Crippen LogP) is 5.23. The van der Waals surface area contributed by atoms with Gasteiger partial charge in [0.2, 0.25) is 0 Å². The van der Waals surface area contributed by atoms with Gasteiger partial charge >= 0.3 is 0 Å². The number of nitrogens with one attached hydrogen (secondary N) is 1. The number of nitrogens with zero attached hydrogens (tertiary/aromatic N) is 3. The minimum Gasteiger partial charge on any atom is -0.346 e. The van der Waals surface area contributed by atoms with Gasteiger partial charge in [-0.3, -0.25) is 24.0 Å². The average Bonchev–Trinajstić information content (AvgIpc) is 3.48. The highest BCUT2D eigenvalue weighted by Crippen LogP contribution is 2.38. The van der Waals surface area contributed by atoms with Gasteiger partial charge in [-0.15, -0.1) is 11.3 Å². The standard InChI is InChI=1S/C26H19Cl2FN4O3S/c1-32-22(20(27)12-30-32)19-11-21(37-23(19)28)24(34)31-16(10-14-5-4-6-15(29)9-14)13-33-25(35)17-7-2-3-8-18(17)26(33)36/h2-9,11-12,16H,10,13H2,1H3,(H,31,34). The van der Waals surface area contributed by atoms with Crippen molar-refractivity contribution in [1.29, 1.82) is 0 Å². The first-order valence-electron chi connectivity index (χ1n) is 11.2. The Morgan fingerprint density at radius 1 is 1.05 bits per heavy atom. The maximum absolute atomic E-state index is 13.9. The molecule has 1 unspecified atom stereocenters. The molecule has 4 aromatic rings. The van der Waals surface area contributed by atoms with E-state index in [1.54, 1.807) is 54.2 Å². The van der Waals surface area contributed by atoms with Gasteiger partial charge in [-0.1, -0.05) is 47.5 Å². The molecule has 1 atom stereocenters. The van der Waals surface area contributed by atoms with E-state index >= 15 is 0 Å². The van der Waals surface area contributed by atoms with Gasteiger partial charge in [0.25, 0.3) is 17.7 Å². The number of amides is 3. The lowest BCUT2D eigenvalue weighted by Gasteiger charge is -2.24. The van der Waals surface area contributed by atoms with Crippen molar-refractivity contribution in [2.45, 2.75) is 12.5 Å². The van der Waals surface area contributed by atoms with Crippen molar-refractivity contribution in [3.05, 3.63) is 97.5 Å². The van der Waals surface area contributed by atoms with Crippen molar-refractivity contribution < 1.29 is 18.8 Å². The van der Waals surface area contributed by atoms with Crippen molar-refractivity contribution in [1.82, 2.24) is 20.0 Å². The summed E-state index contributed by atoms with van der Waals surface area (Å²) in [4.78, 5) is 40.6. The summed E-state index contributed by atoms with van der Waals surface area (Å²) in [7, 11) is 1.71. The summed E-state index contributed by atoms with van der Waals surface area (Å²) in [6.07, 6.45) is 1.68. The molecule has 2 aromatic heterocycles. The Bertz CT molecular complexity index is 1500. The molecule has 0 radical (unpaired) electrons. The number of halogens is 3. The van der Waals surface area contributed by atoms with Crippen molar-refractivity contribution >= 4 is 52.3 Å². The van der Waals surface area contributed by atoms with Crippen LogP contribution in [0.5, 0.6) is 0 Å². The maximum atomic E-state index is 13.9. The van der Waals surface area contributed by atoms with Gasteiger partial charge in [-0.05, 0) is 42.3 Å². The lowest BCUT2D eigenvalue weighted by atomic mass is 10.0. The van der Waals surface area contributed by atoms with Gasteiger partial charge in [0, 0.05) is 19.2 Å². The van der Waals surface area contributed by atoms with Crippen LogP contribution in [0.4, 0.5) is 4.39 Å². The van der Waals surface area contributed by atoms with Gasteiger partial charge in [-0.25, -0.2) is 4.39 Å². The molecule has 1 N–H and O–H groups in total. The van der Waals surface area contributed by atoms with Crippen LogP contribution >= 0.6 is 34.5 Å². The third kappa shape index (κ3) is 4.90. The van der Waals surface area contributed by atoms with E-state index in [4.69, 9.17) is 23.2 Å². The summed E-state index contributed by atoms with van der Waals surface area (Å²) in [6, 6.07) is 13.4. The quantitative estimate of drug-likeness (QED) is 0.316. The smallest absolute Gasteiger partial charge is 0.261 e. The van der Waals surface area contributed by atoms with E-state index in [1.807, 2.05) is 0 Å². The highest BCUT2D eigenvalue weighted by Gasteiger charge is 2.37. The van der Waals surface area contributed by atoms with E-state index in [0.717, 1.165) is 16.2 Å². The Morgan fingerprint density at radius 3 is 2.38 bits per heavy atom. The van der Waals surface area contributed by atoms with Crippen LogP contribution in [0.25, 0.3) is 11.3 Å². The zero-order valence-corrected chi connectivity index (χ0v) is 21.7. The summed E-state index contributed by atoms with van der Waals surface area (Å²) in [5, 5.41) is 7.40. The van der Waals surface area contributed by atoms with Gasteiger partial charge in [-0.2, -0.15) is 5.10 Å². The van der Waals surface area contributed by atoms with Crippen molar-refractivity contribution in [3.8, 4) is 11.3 Å². The van der Waals surface area contributed by atoms with E-state index < -0.39 is 29.6 Å². The third-order valence-electron chi connectivity index (χ3n) is 6.05. The Hall–Kier alpha value is -3.53. The van der Waals surface area contributed by atoms with Crippen LogP contribution in [0, 0.1) is 5.82 Å². The molecular formula is C26H19Cl2FN4O3S. The number of carbonyl (C=O) groups excluding carboxylic acids is 3. The van der Waals surface area contributed by atoms with Crippen molar-refractivity contribution in [2.75, 3.05) is 6.54 Å². The van der Waals surface area contributed by atoms with Crippen LogP contribution in [0.2, 0.25) is 9.36 Å². The van der Waals surface area contributed by atoms with E-state index in [1.165, 1.54) is 18.3 Å². The molecule has 0 saturated carbocycles. The number of hydrogen-bond donors (Lipinski definition) is 1. The van der Waals surface area contributed by atoms with Crippen molar-refractivity contribution in [3.63, 3.8) is 0 Å². The fourth-order valence-electron chi connectivity index (χ4n) is 4.35. The van der Waals surface area contributed by atoms with E-state index in [-0.39, 0.29) is 13.0 Å². The zero-order valence-electron chi connectivity index (χ0n) is 19.4. The first-order chi connectivity index (χ1) is 17.7. The number of benzene rings is 2.